The molecule has 0 unspecified atom stereocenters. The van der Waals surface area contributed by atoms with Crippen molar-refractivity contribution in [1.82, 2.24) is 4.90 Å². The van der Waals surface area contributed by atoms with E-state index < -0.39 is 5.97 Å². The van der Waals surface area contributed by atoms with Crippen LogP contribution in [0.25, 0.3) is 6.08 Å². The number of rotatable bonds is 9. The monoisotopic (exact) mass is 601 g/mol. The predicted octanol–water partition coefficient (Wildman–Crippen LogP) is 7.01. The number of thioether (sulfide) groups is 1. The Bertz CT molecular complexity index is 1390. The fourth-order valence-electron chi connectivity index (χ4n) is 3.58. The van der Waals surface area contributed by atoms with E-state index in [9.17, 15) is 19.5 Å². The van der Waals surface area contributed by atoms with Gasteiger partial charge in [-0.05, 0) is 93.8 Å². The lowest BCUT2D eigenvalue weighted by molar-refractivity contribution is -0.123. The molecule has 7 nitrogen and oxygen atoms in total. The molecule has 37 heavy (non-hydrogen) atoms. The van der Waals surface area contributed by atoms with Crippen molar-refractivity contribution in [3.63, 3.8) is 0 Å². The lowest BCUT2D eigenvalue weighted by atomic mass is 10.1. The second-order valence-electron chi connectivity index (χ2n) is 7.95. The van der Waals surface area contributed by atoms with Gasteiger partial charge in [-0.2, -0.15) is 0 Å². The molecule has 1 N–H and O–H groups in total. The molecule has 0 saturated carbocycles. The highest BCUT2D eigenvalue weighted by Gasteiger charge is 2.35. The van der Waals surface area contributed by atoms with Gasteiger partial charge in [0, 0.05) is 5.02 Å². The Balaban J connectivity index is 1.54. The van der Waals surface area contributed by atoms with Crippen molar-refractivity contribution in [3.05, 3.63) is 97.3 Å². The molecule has 0 aliphatic carbocycles. The van der Waals surface area contributed by atoms with Gasteiger partial charge in [-0.3, -0.25) is 14.5 Å². The molecule has 3 aromatic carbocycles. The number of nitrogens with zero attached hydrogens (tertiary/aromatic N) is 1. The first-order valence-electron chi connectivity index (χ1n) is 11.2. The van der Waals surface area contributed by atoms with E-state index in [2.05, 4.69) is 15.9 Å². The molecule has 0 atom stereocenters. The van der Waals surface area contributed by atoms with Gasteiger partial charge in [0.25, 0.3) is 11.1 Å². The van der Waals surface area contributed by atoms with Crippen LogP contribution in [0.3, 0.4) is 0 Å². The Labute approximate surface area is 231 Å². The quantitative estimate of drug-likeness (QED) is 0.263. The van der Waals surface area contributed by atoms with Gasteiger partial charge in [0.15, 0.2) is 11.5 Å². The molecule has 1 aliphatic rings. The number of aromatic carboxylic acids is 1. The highest BCUT2D eigenvalue weighted by Crippen LogP contribution is 2.40. The largest absolute Gasteiger partial charge is 0.490 e. The summed E-state index contributed by atoms with van der Waals surface area (Å²) in [6, 6.07) is 17.0. The first-order valence-corrected chi connectivity index (χ1v) is 13.1. The van der Waals surface area contributed by atoms with Crippen LogP contribution in [0.15, 0.2) is 70.0 Å². The number of hydrogen-bond acceptors (Lipinski definition) is 6. The van der Waals surface area contributed by atoms with Crippen molar-refractivity contribution >= 4 is 62.5 Å². The van der Waals surface area contributed by atoms with Crippen molar-refractivity contribution in [2.75, 3.05) is 6.61 Å². The minimum atomic E-state index is -1.01. The van der Waals surface area contributed by atoms with Gasteiger partial charge in [0.05, 0.1) is 28.1 Å². The van der Waals surface area contributed by atoms with E-state index >= 15 is 0 Å². The maximum atomic E-state index is 13.0. The summed E-state index contributed by atoms with van der Waals surface area (Å²) in [5.41, 5.74) is 2.30. The van der Waals surface area contributed by atoms with Crippen LogP contribution in [-0.2, 0) is 17.9 Å². The number of hydrogen-bond donors (Lipinski definition) is 1. The van der Waals surface area contributed by atoms with Gasteiger partial charge in [-0.25, -0.2) is 4.79 Å². The molecule has 3 aromatic rings. The van der Waals surface area contributed by atoms with E-state index in [0.717, 1.165) is 17.3 Å². The third kappa shape index (κ3) is 6.54. The maximum Gasteiger partial charge on any atom is 0.335 e. The van der Waals surface area contributed by atoms with Crippen LogP contribution in [0.5, 0.6) is 11.5 Å². The number of carboxylic acid groups (broad SMARTS) is 1. The summed E-state index contributed by atoms with van der Waals surface area (Å²) in [6.45, 7) is 2.49. The summed E-state index contributed by atoms with van der Waals surface area (Å²) >= 11 is 10.3. The van der Waals surface area contributed by atoms with Gasteiger partial charge in [0.2, 0.25) is 0 Å². The van der Waals surface area contributed by atoms with Gasteiger partial charge in [-0.1, -0.05) is 35.9 Å². The van der Waals surface area contributed by atoms with Crippen molar-refractivity contribution in [2.45, 2.75) is 20.1 Å². The van der Waals surface area contributed by atoms with E-state index in [0.29, 0.717) is 43.6 Å². The second-order valence-corrected chi connectivity index (χ2v) is 10.2. The van der Waals surface area contributed by atoms with E-state index in [1.165, 1.54) is 11.0 Å². The molecular weight excluding hydrogens is 582 g/mol. The number of amides is 2. The first-order chi connectivity index (χ1) is 17.7. The zero-order valence-corrected chi connectivity index (χ0v) is 22.7. The van der Waals surface area contributed by atoms with E-state index in [1.54, 1.807) is 60.7 Å². The average Bonchev–Trinajstić information content (AvgIpc) is 3.12. The van der Waals surface area contributed by atoms with Crippen molar-refractivity contribution in [2.24, 2.45) is 0 Å². The van der Waals surface area contributed by atoms with Gasteiger partial charge < -0.3 is 14.6 Å². The molecule has 0 spiro atoms. The van der Waals surface area contributed by atoms with Crippen LogP contribution < -0.4 is 9.47 Å². The molecule has 0 aromatic heterocycles. The molecule has 10 heteroatoms. The first kappa shape index (κ1) is 26.8. The summed E-state index contributed by atoms with van der Waals surface area (Å²) in [4.78, 5) is 38.2. The molecular formula is C27H21BrClNO6S. The zero-order chi connectivity index (χ0) is 26.5. The summed E-state index contributed by atoms with van der Waals surface area (Å²) in [6.07, 6.45) is 1.64. The highest BCUT2D eigenvalue weighted by atomic mass is 79.9. The van der Waals surface area contributed by atoms with Gasteiger partial charge in [-0.15, -0.1) is 0 Å². The second kappa shape index (κ2) is 11.9. The summed E-state index contributed by atoms with van der Waals surface area (Å²) in [5.74, 6) is -0.508. The fourth-order valence-corrected chi connectivity index (χ4v) is 5.12. The van der Waals surface area contributed by atoms with Gasteiger partial charge in [0.1, 0.15) is 6.61 Å². The smallest absolute Gasteiger partial charge is 0.335 e. The molecule has 2 amide bonds. The number of ether oxygens (including phenoxy) is 2. The SMILES string of the molecule is CCOc1cc(/C=C2/SC(=O)N(Cc3ccc(Cl)cc3)C2=O)cc(Br)c1OCc1cccc(C(=O)O)c1. The van der Waals surface area contributed by atoms with Crippen LogP contribution in [0, 0.1) is 0 Å². The fraction of sp³-hybridized carbons (Fsp3) is 0.148. The lowest BCUT2D eigenvalue weighted by Gasteiger charge is -2.15. The third-order valence-electron chi connectivity index (χ3n) is 5.31. The summed E-state index contributed by atoms with van der Waals surface area (Å²) in [7, 11) is 0. The zero-order valence-electron chi connectivity index (χ0n) is 19.6. The molecule has 190 valence electrons. The molecule has 1 fully saturated rings. The third-order valence-corrected chi connectivity index (χ3v) is 7.06. The molecule has 1 aliphatic heterocycles. The number of carboxylic acids is 1. The Morgan fingerprint density at radius 3 is 2.54 bits per heavy atom. The molecule has 1 heterocycles. The summed E-state index contributed by atoms with van der Waals surface area (Å²) in [5, 5.41) is 9.44. The van der Waals surface area contributed by atoms with Crippen molar-refractivity contribution in [1.29, 1.82) is 0 Å². The minimum absolute atomic E-state index is 0.128. The van der Waals surface area contributed by atoms with Crippen molar-refractivity contribution in [3.8, 4) is 11.5 Å². The number of halogens is 2. The average molecular weight is 603 g/mol. The molecule has 0 radical (unpaired) electrons. The molecule has 1 saturated heterocycles. The van der Waals surface area contributed by atoms with E-state index in [4.69, 9.17) is 21.1 Å². The van der Waals surface area contributed by atoms with Crippen LogP contribution in [0.1, 0.15) is 34.0 Å². The Morgan fingerprint density at radius 2 is 1.84 bits per heavy atom. The van der Waals surface area contributed by atoms with Crippen LogP contribution in [-0.4, -0.2) is 33.7 Å². The molecule has 4 rings (SSSR count). The standard InChI is InChI=1S/C27H21BrClNO6S/c1-2-35-22-12-18(11-21(28)24(22)36-15-17-4-3-5-19(10-17)26(32)33)13-23-25(31)30(27(34)37-23)14-16-6-8-20(29)9-7-16/h3-13H,2,14-15H2,1H3,(H,32,33)/b23-13+. The van der Waals surface area contributed by atoms with Gasteiger partial charge >= 0.3 is 5.97 Å². The maximum absolute atomic E-state index is 13.0. The summed E-state index contributed by atoms with van der Waals surface area (Å²) < 4.78 is 12.3. The lowest BCUT2D eigenvalue weighted by Crippen LogP contribution is -2.27. The van der Waals surface area contributed by atoms with Crippen LogP contribution in [0.2, 0.25) is 5.02 Å². The van der Waals surface area contributed by atoms with Crippen LogP contribution >= 0.6 is 39.3 Å². The number of benzene rings is 3. The highest BCUT2D eigenvalue weighted by molar-refractivity contribution is 9.10. The molecule has 0 bridgehead atoms. The Morgan fingerprint density at radius 1 is 1.08 bits per heavy atom. The normalized spacial score (nSPS) is 14.4. The predicted molar refractivity (Wildman–Crippen MR) is 146 cm³/mol. The number of carbonyl (C=O) groups excluding carboxylic acids is 2. The van der Waals surface area contributed by atoms with E-state index in [-0.39, 0.29) is 29.9 Å². The van der Waals surface area contributed by atoms with Crippen molar-refractivity contribution < 1.29 is 29.0 Å². The Hall–Kier alpha value is -3.27. The Kier molecular flexibility index (Phi) is 8.58. The number of imide groups is 1. The van der Waals surface area contributed by atoms with E-state index in [1.807, 2.05) is 6.92 Å². The minimum Gasteiger partial charge on any atom is -0.490 e. The number of carbonyl (C=O) groups is 3. The topological polar surface area (TPSA) is 93.1 Å². The van der Waals surface area contributed by atoms with Crippen LogP contribution in [0.4, 0.5) is 4.79 Å².